The highest BCUT2D eigenvalue weighted by atomic mass is 32.2. The monoisotopic (exact) mass is 302 g/mol. The lowest BCUT2D eigenvalue weighted by Crippen LogP contribution is -2.31. The fraction of sp³-hybridized carbons (Fsp3) is 0.667. The molecule has 0 atom stereocenters. The minimum absolute atomic E-state index is 0.0962. The first-order valence-electron chi connectivity index (χ1n) is 6.62. The Morgan fingerprint density at radius 1 is 1.40 bits per heavy atom. The van der Waals surface area contributed by atoms with E-state index in [2.05, 4.69) is 15.0 Å². The zero-order chi connectivity index (χ0) is 15.2. The molecule has 1 aromatic rings. The molecular weight excluding hydrogens is 280 g/mol. The molecule has 0 radical (unpaired) electrons. The maximum absolute atomic E-state index is 12.1. The van der Waals surface area contributed by atoms with E-state index >= 15 is 0 Å². The molecule has 7 nitrogen and oxygen atoms in total. The van der Waals surface area contributed by atoms with Crippen molar-refractivity contribution in [2.75, 3.05) is 24.2 Å². The van der Waals surface area contributed by atoms with Gasteiger partial charge in [0, 0.05) is 32.0 Å². The molecule has 0 saturated carbocycles. The summed E-state index contributed by atoms with van der Waals surface area (Å²) in [6.45, 7) is 6.85. The maximum Gasteiger partial charge on any atom is 0.293 e. The smallest absolute Gasteiger partial charge is 0.293 e. The summed E-state index contributed by atoms with van der Waals surface area (Å²) in [4.78, 5) is 16.0. The predicted octanol–water partition coefficient (Wildman–Crippen LogP) is 0.250. The van der Waals surface area contributed by atoms with Crippen molar-refractivity contribution in [2.24, 2.45) is 5.92 Å². The lowest BCUT2D eigenvalue weighted by molar-refractivity contribution is 0.509. The van der Waals surface area contributed by atoms with Crippen LogP contribution in [-0.2, 0) is 16.6 Å². The van der Waals surface area contributed by atoms with Gasteiger partial charge in [-0.1, -0.05) is 20.8 Å². The van der Waals surface area contributed by atoms with Crippen molar-refractivity contribution in [1.82, 2.24) is 14.3 Å². The molecule has 0 spiro atoms. The van der Waals surface area contributed by atoms with Gasteiger partial charge in [0.15, 0.2) is 5.82 Å². The van der Waals surface area contributed by atoms with Crippen LogP contribution in [0.3, 0.4) is 0 Å². The molecule has 8 heteroatoms. The number of hydrogen-bond donors (Lipinski definition) is 2. The second-order valence-electron chi connectivity index (χ2n) is 4.87. The van der Waals surface area contributed by atoms with Crippen molar-refractivity contribution in [1.29, 1.82) is 0 Å². The van der Waals surface area contributed by atoms with E-state index in [4.69, 9.17) is 0 Å². The number of nitrogens with zero attached hydrogens (tertiary/aromatic N) is 2. The van der Waals surface area contributed by atoms with Crippen LogP contribution in [0.1, 0.15) is 20.8 Å². The normalized spacial score (nSPS) is 11.8. The Bertz CT molecular complexity index is 581. The van der Waals surface area contributed by atoms with Gasteiger partial charge in [-0.25, -0.2) is 18.1 Å². The van der Waals surface area contributed by atoms with Crippen LogP contribution in [0.15, 0.2) is 17.2 Å². The molecule has 0 aliphatic carbocycles. The first-order chi connectivity index (χ1) is 9.35. The van der Waals surface area contributed by atoms with E-state index in [-0.39, 0.29) is 23.7 Å². The Kier molecular flexibility index (Phi) is 6.15. The molecule has 0 amide bonds. The fourth-order valence-electron chi connectivity index (χ4n) is 1.70. The molecule has 0 fully saturated rings. The van der Waals surface area contributed by atoms with Crippen molar-refractivity contribution in [3.8, 4) is 0 Å². The summed E-state index contributed by atoms with van der Waals surface area (Å²) in [6.07, 6.45) is 3.16. The van der Waals surface area contributed by atoms with Crippen molar-refractivity contribution in [2.45, 2.75) is 27.3 Å². The van der Waals surface area contributed by atoms with E-state index in [1.807, 2.05) is 13.8 Å². The van der Waals surface area contributed by atoms with Crippen LogP contribution in [0.2, 0.25) is 0 Å². The minimum Gasteiger partial charge on any atom is -0.364 e. The summed E-state index contributed by atoms with van der Waals surface area (Å²) in [5.74, 6) is 0.429. The molecule has 0 aliphatic heterocycles. The van der Waals surface area contributed by atoms with Gasteiger partial charge in [0.2, 0.25) is 10.0 Å². The van der Waals surface area contributed by atoms with Gasteiger partial charge in [-0.05, 0) is 5.92 Å². The number of rotatable bonds is 8. The van der Waals surface area contributed by atoms with E-state index < -0.39 is 10.0 Å². The van der Waals surface area contributed by atoms with E-state index in [0.717, 1.165) is 0 Å². The van der Waals surface area contributed by atoms with Gasteiger partial charge in [-0.3, -0.25) is 4.79 Å². The standard InChI is InChI=1S/C12H22N4O3S/c1-4-15-20(18,19)8-6-14-11-12(17)16(7-5-13-11)9-10(2)3/h5,7,10,15H,4,6,8-9H2,1-3H3,(H,13,14). The first kappa shape index (κ1) is 16.6. The highest BCUT2D eigenvalue weighted by molar-refractivity contribution is 7.89. The summed E-state index contributed by atoms with van der Waals surface area (Å²) >= 11 is 0. The van der Waals surface area contributed by atoms with Gasteiger partial charge in [-0.2, -0.15) is 0 Å². The van der Waals surface area contributed by atoms with Gasteiger partial charge in [0.25, 0.3) is 5.56 Å². The number of aromatic nitrogens is 2. The lowest BCUT2D eigenvalue weighted by atomic mass is 10.2. The lowest BCUT2D eigenvalue weighted by Gasteiger charge is -2.11. The third-order valence-electron chi connectivity index (χ3n) is 2.50. The Hall–Kier alpha value is -1.41. The Morgan fingerprint density at radius 3 is 2.70 bits per heavy atom. The van der Waals surface area contributed by atoms with Crippen LogP contribution in [0.4, 0.5) is 5.82 Å². The van der Waals surface area contributed by atoms with Crippen LogP contribution >= 0.6 is 0 Å². The van der Waals surface area contributed by atoms with E-state index in [1.54, 1.807) is 17.7 Å². The molecule has 0 saturated heterocycles. The highest BCUT2D eigenvalue weighted by Gasteiger charge is 2.10. The summed E-state index contributed by atoms with van der Waals surface area (Å²) in [7, 11) is -3.29. The average molecular weight is 302 g/mol. The van der Waals surface area contributed by atoms with Crippen molar-refractivity contribution >= 4 is 15.8 Å². The second kappa shape index (κ2) is 7.39. The van der Waals surface area contributed by atoms with Gasteiger partial charge in [0.1, 0.15) is 0 Å². The van der Waals surface area contributed by atoms with E-state index in [9.17, 15) is 13.2 Å². The van der Waals surface area contributed by atoms with Crippen molar-refractivity contribution in [3.05, 3.63) is 22.7 Å². The van der Waals surface area contributed by atoms with Crippen LogP contribution in [0.5, 0.6) is 0 Å². The van der Waals surface area contributed by atoms with Crippen LogP contribution in [0, 0.1) is 5.92 Å². The van der Waals surface area contributed by atoms with Crippen LogP contribution in [-0.4, -0.2) is 36.8 Å². The Balaban J connectivity index is 2.68. The fourth-order valence-corrected chi connectivity index (χ4v) is 2.66. The molecule has 0 aliphatic rings. The highest BCUT2D eigenvalue weighted by Crippen LogP contribution is 1.98. The third kappa shape index (κ3) is 5.30. The number of sulfonamides is 1. The first-order valence-corrected chi connectivity index (χ1v) is 8.27. The van der Waals surface area contributed by atoms with E-state index in [1.165, 1.54) is 6.20 Å². The summed E-state index contributed by atoms with van der Waals surface area (Å²) in [5, 5.41) is 2.78. The minimum atomic E-state index is -3.29. The SMILES string of the molecule is CCNS(=O)(=O)CCNc1nccn(CC(C)C)c1=O. The van der Waals surface area contributed by atoms with Crippen LogP contribution < -0.4 is 15.6 Å². The number of anilines is 1. The topological polar surface area (TPSA) is 93.1 Å². The average Bonchev–Trinajstić information content (AvgIpc) is 2.33. The molecule has 0 bridgehead atoms. The Labute approximate surface area is 119 Å². The summed E-state index contributed by atoms with van der Waals surface area (Å²) in [5.41, 5.74) is -0.234. The molecule has 0 unspecified atom stereocenters. The molecular formula is C12H22N4O3S. The second-order valence-corrected chi connectivity index (χ2v) is 6.80. The summed E-state index contributed by atoms with van der Waals surface area (Å²) < 4.78 is 26.9. The zero-order valence-corrected chi connectivity index (χ0v) is 12.9. The van der Waals surface area contributed by atoms with Crippen LogP contribution in [0.25, 0.3) is 0 Å². The molecule has 2 N–H and O–H groups in total. The van der Waals surface area contributed by atoms with Gasteiger partial charge >= 0.3 is 0 Å². The number of nitrogens with one attached hydrogen (secondary N) is 2. The van der Waals surface area contributed by atoms with Crippen molar-refractivity contribution in [3.63, 3.8) is 0 Å². The molecule has 1 heterocycles. The van der Waals surface area contributed by atoms with Gasteiger partial charge in [0.05, 0.1) is 5.75 Å². The van der Waals surface area contributed by atoms with E-state index in [0.29, 0.717) is 19.0 Å². The quantitative estimate of drug-likeness (QED) is 0.718. The summed E-state index contributed by atoms with van der Waals surface area (Å²) in [6, 6.07) is 0. The largest absolute Gasteiger partial charge is 0.364 e. The zero-order valence-electron chi connectivity index (χ0n) is 12.1. The molecule has 0 aromatic carbocycles. The predicted molar refractivity (Wildman–Crippen MR) is 79.3 cm³/mol. The molecule has 20 heavy (non-hydrogen) atoms. The Morgan fingerprint density at radius 2 is 2.10 bits per heavy atom. The van der Waals surface area contributed by atoms with Gasteiger partial charge in [-0.15, -0.1) is 0 Å². The third-order valence-corrected chi connectivity index (χ3v) is 3.97. The van der Waals surface area contributed by atoms with Gasteiger partial charge < -0.3 is 9.88 Å². The number of hydrogen-bond acceptors (Lipinski definition) is 5. The maximum atomic E-state index is 12.1. The molecule has 1 aromatic heterocycles. The van der Waals surface area contributed by atoms with Crippen molar-refractivity contribution < 1.29 is 8.42 Å². The molecule has 114 valence electrons. The molecule has 1 rings (SSSR count).